The molecule has 88 valence electrons. The van der Waals surface area contributed by atoms with Gasteiger partial charge in [-0.3, -0.25) is 0 Å². The number of aliphatic hydroxyl groups is 1. The predicted octanol–water partition coefficient (Wildman–Crippen LogP) is 2.81. The maximum atomic E-state index is 13.4. The molecule has 0 spiro atoms. The molecular formula is C12H13F3O. The van der Waals surface area contributed by atoms with Gasteiger partial charge in [-0.15, -0.1) is 0 Å². The van der Waals surface area contributed by atoms with E-state index in [1.807, 2.05) is 0 Å². The minimum atomic E-state index is -1.18. The first-order chi connectivity index (χ1) is 7.44. The molecule has 0 aliphatic heterocycles. The summed E-state index contributed by atoms with van der Waals surface area (Å²) in [5.41, 5.74) is -0.206. The second-order valence-electron chi connectivity index (χ2n) is 4.57. The van der Waals surface area contributed by atoms with Crippen LogP contribution in [0.2, 0.25) is 0 Å². The Bertz CT molecular complexity index is 411. The molecule has 4 heteroatoms. The van der Waals surface area contributed by atoms with E-state index >= 15 is 0 Å². The highest BCUT2D eigenvalue weighted by molar-refractivity contribution is 5.23. The van der Waals surface area contributed by atoms with Crippen LogP contribution in [0.5, 0.6) is 0 Å². The molecule has 0 aromatic heterocycles. The Kier molecular flexibility index (Phi) is 2.70. The summed E-state index contributed by atoms with van der Waals surface area (Å²) < 4.78 is 39.0. The number of aliphatic hydroxyl groups excluding tert-OH is 1. The van der Waals surface area contributed by atoms with Crippen molar-refractivity contribution < 1.29 is 18.3 Å². The van der Waals surface area contributed by atoms with Crippen molar-refractivity contribution >= 4 is 0 Å². The van der Waals surface area contributed by atoms with Crippen LogP contribution >= 0.6 is 0 Å². The van der Waals surface area contributed by atoms with E-state index in [1.54, 1.807) is 6.92 Å². The summed E-state index contributed by atoms with van der Waals surface area (Å²) in [7, 11) is 0. The van der Waals surface area contributed by atoms with Gasteiger partial charge in [-0.05, 0) is 37.8 Å². The topological polar surface area (TPSA) is 20.2 Å². The first-order valence-corrected chi connectivity index (χ1v) is 5.26. The maximum absolute atomic E-state index is 13.4. The molecule has 0 bridgehead atoms. The molecular weight excluding hydrogens is 217 g/mol. The van der Waals surface area contributed by atoms with Crippen molar-refractivity contribution in [2.75, 3.05) is 0 Å². The monoisotopic (exact) mass is 230 g/mol. The fraction of sp³-hybridized carbons (Fsp3) is 0.500. The van der Waals surface area contributed by atoms with Crippen molar-refractivity contribution in [3.8, 4) is 0 Å². The summed E-state index contributed by atoms with van der Waals surface area (Å²) in [5, 5.41) is 9.53. The Hall–Kier alpha value is -1.03. The number of rotatable bonds is 3. The van der Waals surface area contributed by atoms with Gasteiger partial charge < -0.3 is 5.11 Å². The lowest BCUT2D eigenvalue weighted by Gasteiger charge is -2.18. The fourth-order valence-electron chi connectivity index (χ4n) is 1.98. The standard InChI is InChI=1S/C12H13F3O/c1-7(16)12(2-3-12)6-8-4-10(14)11(15)5-9(8)13/h4-5,7,16H,2-3,6H2,1H3. The highest BCUT2D eigenvalue weighted by Gasteiger charge is 2.47. The summed E-state index contributed by atoms with van der Waals surface area (Å²) in [5.74, 6) is -2.97. The van der Waals surface area contributed by atoms with Gasteiger partial charge >= 0.3 is 0 Å². The van der Waals surface area contributed by atoms with E-state index in [0.29, 0.717) is 6.07 Å². The van der Waals surface area contributed by atoms with Gasteiger partial charge in [0.1, 0.15) is 5.82 Å². The van der Waals surface area contributed by atoms with Gasteiger partial charge in [0.2, 0.25) is 0 Å². The molecule has 1 aliphatic carbocycles. The lowest BCUT2D eigenvalue weighted by molar-refractivity contribution is 0.110. The van der Waals surface area contributed by atoms with Gasteiger partial charge in [-0.1, -0.05) is 0 Å². The molecule has 1 nitrogen and oxygen atoms in total. The normalized spacial score (nSPS) is 19.6. The quantitative estimate of drug-likeness (QED) is 0.791. The summed E-state index contributed by atoms with van der Waals surface area (Å²) in [6, 6.07) is 1.44. The third-order valence-electron chi connectivity index (χ3n) is 3.41. The Balaban J connectivity index is 2.25. The summed E-state index contributed by atoms with van der Waals surface area (Å²) in [4.78, 5) is 0. The van der Waals surface area contributed by atoms with E-state index in [2.05, 4.69) is 0 Å². The molecule has 0 amide bonds. The Labute approximate surface area is 91.9 Å². The van der Waals surface area contributed by atoms with Crippen LogP contribution in [0.15, 0.2) is 12.1 Å². The Morgan fingerprint density at radius 1 is 1.19 bits per heavy atom. The molecule has 1 unspecified atom stereocenters. The zero-order valence-corrected chi connectivity index (χ0v) is 8.93. The molecule has 1 aromatic rings. The Morgan fingerprint density at radius 3 is 2.25 bits per heavy atom. The zero-order valence-electron chi connectivity index (χ0n) is 8.93. The van der Waals surface area contributed by atoms with E-state index in [9.17, 15) is 18.3 Å². The molecule has 16 heavy (non-hydrogen) atoms. The van der Waals surface area contributed by atoms with E-state index in [0.717, 1.165) is 18.9 Å². The van der Waals surface area contributed by atoms with Crippen molar-refractivity contribution in [3.63, 3.8) is 0 Å². The van der Waals surface area contributed by atoms with Gasteiger partial charge in [0, 0.05) is 11.5 Å². The van der Waals surface area contributed by atoms with Gasteiger partial charge in [0.15, 0.2) is 11.6 Å². The van der Waals surface area contributed by atoms with E-state index in [-0.39, 0.29) is 17.4 Å². The number of hydrogen-bond acceptors (Lipinski definition) is 1. The van der Waals surface area contributed by atoms with Crippen LogP contribution in [0.1, 0.15) is 25.3 Å². The van der Waals surface area contributed by atoms with Crippen LogP contribution in [0, 0.1) is 22.9 Å². The third-order valence-corrected chi connectivity index (χ3v) is 3.41. The van der Waals surface area contributed by atoms with Crippen LogP contribution in [-0.4, -0.2) is 11.2 Å². The van der Waals surface area contributed by atoms with Crippen molar-refractivity contribution in [2.24, 2.45) is 5.41 Å². The average molecular weight is 230 g/mol. The lowest BCUT2D eigenvalue weighted by atomic mass is 9.91. The first-order valence-electron chi connectivity index (χ1n) is 5.26. The molecule has 1 aliphatic rings. The van der Waals surface area contributed by atoms with E-state index in [1.165, 1.54) is 0 Å². The maximum Gasteiger partial charge on any atom is 0.161 e. The van der Waals surface area contributed by atoms with E-state index in [4.69, 9.17) is 0 Å². The molecule has 1 N–H and O–H groups in total. The summed E-state index contributed by atoms with van der Waals surface area (Å²) in [6.07, 6.45) is 1.29. The molecule has 1 aromatic carbocycles. The zero-order chi connectivity index (χ0) is 11.9. The van der Waals surface area contributed by atoms with Crippen LogP contribution in [0.4, 0.5) is 13.2 Å². The number of halogens is 3. The van der Waals surface area contributed by atoms with Crippen molar-refractivity contribution in [1.29, 1.82) is 0 Å². The van der Waals surface area contributed by atoms with Gasteiger partial charge in [0.25, 0.3) is 0 Å². The largest absolute Gasteiger partial charge is 0.393 e. The molecule has 0 heterocycles. The van der Waals surface area contributed by atoms with Crippen LogP contribution < -0.4 is 0 Å². The minimum Gasteiger partial charge on any atom is -0.393 e. The second-order valence-corrected chi connectivity index (χ2v) is 4.57. The van der Waals surface area contributed by atoms with E-state index < -0.39 is 23.6 Å². The molecule has 0 radical (unpaired) electrons. The van der Waals surface area contributed by atoms with Crippen LogP contribution in [-0.2, 0) is 6.42 Å². The molecule has 1 fully saturated rings. The highest BCUT2D eigenvalue weighted by Crippen LogP contribution is 2.51. The predicted molar refractivity (Wildman–Crippen MR) is 53.4 cm³/mol. The number of benzene rings is 1. The van der Waals surface area contributed by atoms with Crippen LogP contribution in [0.25, 0.3) is 0 Å². The lowest BCUT2D eigenvalue weighted by Crippen LogP contribution is -2.21. The smallest absolute Gasteiger partial charge is 0.161 e. The van der Waals surface area contributed by atoms with Gasteiger partial charge in [-0.2, -0.15) is 0 Å². The third kappa shape index (κ3) is 1.94. The average Bonchev–Trinajstić information content (AvgIpc) is 2.95. The summed E-state index contributed by atoms with van der Waals surface area (Å²) in [6.45, 7) is 1.64. The van der Waals surface area contributed by atoms with Gasteiger partial charge in [-0.25, -0.2) is 13.2 Å². The minimum absolute atomic E-state index is 0.136. The SMILES string of the molecule is CC(O)C1(Cc2cc(F)c(F)cc2F)CC1. The van der Waals surface area contributed by atoms with Crippen molar-refractivity contribution in [2.45, 2.75) is 32.3 Å². The molecule has 1 atom stereocenters. The van der Waals surface area contributed by atoms with Crippen LogP contribution in [0.3, 0.4) is 0 Å². The highest BCUT2D eigenvalue weighted by atomic mass is 19.2. The fourth-order valence-corrected chi connectivity index (χ4v) is 1.98. The molecule has 1 saturated carbocycles. The van der Waals surface area contributed by atoms with Crippen molar-refractivity contribution in [1.82, 2.24) is 0 Å². The first kappa shape index (κ1) is 11.5. The number of hydrogen-bond donors (Lipinski definition) is 1. The second kappa shape index (κ2) is 3.77. The van der Waals surface area contributed by atoms with Crippen molar-refractivity contribution in [3.05, 3.63) is 35.1 Å². The Morgan fingerprint density at radius 2 is 1.75 bits per heavy atom. The van der Waals surface area contributed by atoms with Gasteiger partial charge in [0.05, 0.1) is 6.10 Å². The molecule has 0 saturated heterocycles. The summed E-state index contributed by atoms with van der Waals surface area (Å²) >= 11 is 0. The molecule has 2 rings (SSSR count).